The molecule has 0 amide bonds. The zero-order valence-corrected chi connectivity index (χ0v) is 13.4. The maximum absolute atomic E-state index is 13.5. The third-order valence-corrected chi connectivity index (χ3v) is 6.90. The number of allylic oxidation sites excluding steroid dienone is 8. The zero-order valence-electron chi connectivity index (χ0n) is 12.6. The summed E-state index contributed by atoms with van der Waals surface area (Å²) in [5, 5.41) is 0. The highest BCUT2D eigenvalue weighted by molar-refractivity contribution is 7.94. The van der Waals surface area contributed by atoms with E-state index in [0.29, 0.717) is 12.8 Å². The van der Waals surface area contributed by atoms with Crippen LogP contribution in [0.15, 0.2) is 72.9 Å². The molecule has 0 bridgehead atoms. The highest BCUT2D eigenvalue weighted by Gasteiger charge is 2.50. The Hall–Kier alpha value is -1.61. The second-order valence-electron chi connectivity index (χ2n) is 5.40. The van der Waals surface area contributed by atoms with Crippen LogP contribution in [0.1, 0.15) is 26.7 Å². The molecule has 2 atom stereocenters. The fraction of sp³-hybridized carbons (Fsp3) is 0.333. The summed E-state index contributed by atoms with van der Waals surface area (Å²) >= 11 is 0. The predicted molar refractivity (Wildman–Crippen MR) is 89.8 cm³/mol. The quantitative estimate of drug-likeness (QED) is 0.734. The first kappa shape index (κ1) is 15.8. The van der Waals surface area contributed by atoms with E-state index in [4.69, 9.17) is 0 Å². The molecule has 2 unspecified atom stereocenters. The van der Waals surface area contributed by atoms with Gasteiger partial charge in [-0.2, -0.15) is 0 Å². The normalized spacial score (nSPS) is 32.5. The van der Waals surface area contributed by atoms with Crippen LogP contribution in [0.25, 0.3) is 0 Å². The maximum atomic E-state index is 13.5. The first-order chi connectivity index (χ1) is 10.0. The van der Waals surface area contributed by atoms with Crippen LogP contribution in [0, 0.1) is 0 Å². The van der Waals surface area contributed by atoms with Crippen molar-refractivity contribution < 1.29 is 8.42 Å². The van der Waals surface area contributed by atoms with Crippen molar-refractivity contribution in [2.75, 3.05) is 0 Å². The summed E-state index contributed by atoms with van der Waals surface area (Å²) in [6.07, 6.45) is 23.1. The summed E-state index contributed by atoms with van der Waals surface area (Å²) in [6.45, 7) is 3.73. The molecular weight excluding hydrogens is 280 g/mol. The smallest absolute Gasteiger partial charge is 0.176 e. The maximum Gasteiger partial charge on any atom is 0.176 e. The molecule has 0 saturated heterocycles. The summed E-state index contributed by atoms with van der Waals surface area (Å²) in [5.74, 6) is 0. The van der Waals surface area contributed by atoms with Crippen molar-refractivity contribution in [2.45, 2.75) is 36.2 Å². The van der Waals surface area contributed by atoms with Gasteiger partial charge < -0.3 is 0 Å². The van der Waals surface area contributed by atoms with Gasteiger partial charge in [-0.25, -0.2) is 8.42 Å². The molecule has 2 rings (SSSR count). The summed E-state index contributed by atoms with van der Waals surface area (Å²) < 4.78 is 25.0. The van der Waals surface area contributed by atoms with E-state index in [1.807, 2.05) is 62.5 Å². The molecule has 2 aliphatic rings. The van der Waals surface area contributed by atoms with E-state index in [0.717, 1.165) is 0 Å². The average molecular weight is 302 g/mol. The minimum atomic E-state index is -3.48. The van der Waals surface area contributed by atoms with E-state index >= 15 is 0 Å². The van der Waals surface area contributed by atoms with E-state index in [-0.39, 0.29) is 0 Å². The van der Waals surface area contributed by atoms with Crippen LogP contribution < -0.4 is 0 Å². The molecule has 0 aromatic carbocycles. The molecule has 3 heteroatoms. The highest BCUT2D eigenvalue weighted by Crippen LogP contribution is 2.41. The molecule has 2 aliphatic carbocycles. The molecule has 0 aromatic heterocycles. The zero-order chi connectivity index (χ0) is 15.4. The standard InChI is InChI=1S/C18H22O2S/c1-3-11-17(13-7-5-8-14-17)21(19,20)18(12-4-2)15-9-6-10-16-18/h3-13,15H,14,16H2,1-2H3. The van der Waals surface area contributed by atoms with Gasteiger partial charge in [0.1, 0.15) is 9.49 Å². The van der Waals surface area contributed by atoms with Gasteiger partial charge in [-0.1, -0.05) is 72.9 Å². The Labute approximate surface area is 127 Å². The molecule has 0 heterocycles. The molecule has 0 N–H and O–H groups in total. The van der Waals surface area contributed by atoms with Crippen molar-refractivity contribution in [1.29, 1.82) is 0 Å². The van der Waals surface area contributed by atoms with E-state index < -0.39 is 19.3 Å². The van der Waals surface area contributed by atoms with E-state index in [2.05, 4.69) is 0 Å². The predicted octanol–water partition coefficient (Wildman–Crippen LogP) is 4.06. The summed E-state index contributed by atoms with van der Waals surface area (Å²) in [6, 6.07) is 0. The molecule has 0 aromatic rings. The Kier molecular flexibility index (Phi) is 4.52. The van der Waals surface area contributed by atoms with Crippen molar-refractivity contribution >= 4 is 9.84 Å². The number of sulfone groups is 1. The number of hydrogen-bond donors (Lipinski definition) is 0. The Morgan fingerprint density at radius 3 is 1.52 bits per heavy atom. The van der Waals surface area contributed by atoms with Crippen LogP contribution in [0.5, 0.6) is 0 Å². The first-order valence-electron chi connectivity index (χ1n) is 7.24. The topological polar surface area (TPSA) is 34.1 Å². The summed E-state index contributed by atoms with van der Waals surface area (Å²) in [5.41, 5.74) is 0. The van der Waals surface area contributed by atoms with Gasteiger partial charge >= 0.3 is 0 Å². The average Bonchev–Trinajstić information content (AvgIpc) is 2.49. The van der Waals surface area contributed by atoms with Crippen molar-refractivity contribution in [3.63, 3.8) is 0 Å². The first-order valence-corrected chi connectivity index (χ1v) is 8.72. The van der Waals surface area contributed by atoms with Gasteiger partial charge in [-0.05, 0) is 26.7 Å². The SMILES string of the molecule is CC=CC1(S(=O)(=O)C2(C=CC)C=CC=CC2)C=CC=CC1. The van der Waals surface area contributed by atoms with Crippen molar-refractivity contribution in [3.05, 3.63) is 72.9 Å². The molecule has 0 spiro atoms. The van der Waals surface area contributed by atoms with Crippen LogP contribution in [-0.4, -0.2) is 17.9 Å². The molecule has 21 heavy (non-hydrogen) atoms. The van der Waals surface area contributed by atoms with Gasteiger partial charge in [0, 0.05) is 0 Å². The molecule has 2 nitrogen and oxygen atoms in total. The van der Waals surface area contributed by atoms with E-state index in [1.54, 1.807) is 24.3 Å². The lowest BCUT2D eigenvalue weighted by Gasteiger charge is -2.38. The number of hydrogen-bond acceptors (Lipinski definition) is 2. The fourth-order valence-corrected chi connectivity index (χ4v) is 5.46. The van der Waals surface area contributed by atoms with Crippen molar-refractivity contribution in [3.8, 4) is 0 Å². The Bertz CT molecular complexity index is 607. The lowest BCUT2D eigenvalue weighted by Crippen LogP contribution is -2.48. The third kappa shape index (κ3) is 2.51. The van der Waals surface area contributed by atoms with Crippen LogP contribution in [0.4, 0.5) is 0 Å². The minimum absolute atomic E-state index is 0.479. The summed E-state index contributed by atoms with van der Waals surface area (Å²) in [7, 11) is -3.48. The van der Waals surface area contributed by atoms with Crippen LogP contribution in [0.2, 0.25) is 0 Å². The second kappa shape index (κ2) is 6.02. The minimum Gasteiger partial charge on any atom is -0.226 e. The van der Waals surface area contributed by atoms with Crippen molar-refractivity contribution in [2.24, 2.45) is 0 Å². The van der Waals surface area contributed by atoms with Crippen LogP contribution >= 0.6 is 0 Å². The van der Waals surface area contributed by atoms with E-state index in [1.165, 1.54) is 0 Å². The third-order valence-electron chi connectivity index (χ3n) is 4.02. The lowest BCUT2D eigenvalue weighted by atomic mass is 9.98. The fourth-order valence-electron chi connectivity index (χ4n) is 2.98. The van der Waals surface area contributed by atoms with E-state index in [9.17, 15) is 8.42 Å². The molecular formula is C18H22O2S. The molecule has 0 saturated carbocycles. The second-order valence-corrected chi connectivity index (χ2v) is 7.92. The van der Waals surface area contributed by atoms with Crippen LogP contribution in [0.3, 0.4) is 0 Å². The van der Waals surface area contributed by atoms with Crippen molar-refractivity contribution in [1.82, 2.24) is 0 Å². The molecule has 112 valence electrons. The Balaban J connectivity index is 2.62. The Morgan fingerprint density at radius 2 is 1.24 bits per heavy atom. The Morgan fingerprint density at radius 1 is 0.810 bits per heavy atom. The molecule has 0 radical (unpaired) electrons. The van der Waals surface area contributed by atoms with Crippen LogP contribution in [-0.2, 0) is 9.84 Å². The molecule has 0 aliphatic heterocycles. The van der Waals surface area contributed by atoms with Gasteiger partial charge in [-0.15, -0.1) is 0 Å². The lowest BCUT2D eigenvalue weighted by molar-refractivity contribution is 0.550. The van der Waals surface area contributed by atoms with Gasteiger partial charge in [0.25, 0.3) is 0 Å². The van der Waals surface area contributed by atoms with Gasteiger partial charge in [0.05, 0.1) is 0 Å². The monoisotopic (exact) mass is 302 g/mol. The summed E-state index contributed by atoms with van der Waals surface area (Å²) in [4.78, 5) is 0. The largest absolute Gasteiger partial charge is 0.226 e. The molecule has 0 fully saturated rings. The van der Waals surface area contributed by atoms with Gasteiger partial charge in [0.15, 0.2) is 9.84 Å². The number of rotatable bonds is 4. The van der Waals surface area contributed by atoms with Gasteiger partial charge in [-0.3, -0.25) is 0 Å². The van der Waals surface area contributed by atoms with Gasteiger partial charge in [0.2, 0.25) is 0 Å². The highest BCUT2D eigenvalue weighted by atomic mass is 32.2.